The molecule has 1 aromatic carbocycles. The molecule has 1 amide bonds. The van der Waals surface area contributed by atoms with Gasteiger partial charge in [0, 0.05) is 29.8 Å². The van der Waals surface area contributed by atoms with Crippen LogP contribution in [0.15, 0.2) is 41.8 Å². The second kappa shape index (κ2) is 9.23. The number of nitrogens with zero attached hydrogens (tertiary/aromatic N) is 1. The van der Waals surface area contributed by atoms with Crippen molar-refractivity contribution in [3.63, 3.8) is 0 Å². The highest BCUT2D eigenvalue weighted by Crippen LogP contribution is 2.16. The van der Waals surface area contributed by atoms with Crippen LogP contribution in [0.25, 0.3) is 0 Å². The Balaban J connectivity index is 1.86. The van der Waals surface area contributed by atoms with Gasteiger partial charge in [-0.05, 0) is 49.6 Å². The predicted octanol–water partition coefficient (Wildman–Crippen LogP) is 4.16. The third-order valence-corrected chi connectivity index (χ3v) is 4.58. The van der Waals surface area contributed by atoms with Crippen LogP contribution >= 0.6 is 11.3 Å². The lowest BCUT2D eigenvalue weighted by atomic mass is 10.1. The van der Waals surface area contributed by atoms with Crippen molar-refractivity contribution in [1.82, 2.24) is 4.90 Å². The second-order valence-corrected chi connectivity index (χ2v) is 6.40. The summed E-state index contributed by atoms with van der Waals surface area (Å²) in [6, 6.07) is 11.1. The number of carbonyl (C=O) groups excluding carboxylic acids is 2. The van der Waals surface area contributed by atoms with Crippen molar-refractivity contribution in [2.24, 2.45) is 0 Å². The molecule has 0 aliphatic rings. The van der Waals surface area contributed by atoms with Crippen LogP contribution in [0.2, 0.25) is 0 Å². The minimum atomic E-state index is -0.0152. The number of hydrogen-bond acceptors (Lipinski definition) is 4. The monoisotopic (exact) mass is 345 g/mol. The van der Waals surface area contributed by atoms with Crippen LogP contribution in [0.3, 0.4) is 0 Å². The molecule has 0 bridgehead atoms. The summed E-state index contributed by atoms with van der Waals surface area (Å²) in [6.07, 6.45) is 0.471. The van der Waals surface area contributed by atoms with E-state index in [0.717, 1.165) is 10.6 Å². The number of hydrogen-bond donors (Lipinski definition) is 0. The zero-order valence-electron chi connectivity index (χ0n) is 14.2. The molecule has 0 N–H and O–H groups in total. The molecule has 1 heterocycles. The number of benzene rings is 1. The van der Waals surface area contributed by atoms with E-state index in [1.54, 1.807) is 40.5 Å². The van der Waals surface area contributed by atoms with Crippen molar-refractivity contribution >= 4 is 23.0 Å². The average Bonchev–Trinajstić information content (AvgIpc) is 3.11. The molecule has 0 unspecified atom stereocenters. The van der Waals surface area contributed by atoms with E-state index in [0.29, 0.717) is 25.3 Å². The minimum Gasteiger partial charge on any atom is -0.494 e. The standard InChI is InChI=1S/C19H23NO3S/c1-3-20(14-17-6-5-13-24-17)19(22)12-11-18(21)15-7-9-16(10-8-15)23-4-2/h5-10,13H,3-4,11-12,14H2,1-2H3. The predicted molar refractivity (Wildman–Crippen MR) is 96.6 cm³/mol. The largest absolute Gasteiger partial charge is 0.494 e. The summed E-state index contributed by atoms with van der Waals surface area (Å²) in [5.74, 6) is 0.752. The van der Waals surface area contributed by atoms with Gasteiger partial charge in [-0.3, -0.25) is 9.59 Å². The Morgan fingerprint density at radius 1 is 1.08 bits per heavy atom. The minimum absolute atomic E-state index is 0.0152. The maximum absolute atomic E-state index is 12.3. The molecular weight excluding hydrogens is 322 g/mol. The highest BCUT2D eigenvalue weighted by atomic mass is 32.1. The first kappa shape index (κ1) is 18.2. The Morgan fingerprint density at radius 2 is 1.83 bits per heavy atom. The number of Topliss-reactive ketones (excluding diaryl/α,β-unsaturated/α-hetero) is 1. The Labute approximate surface area is 147 Å². The number of carbonyl (C=O) groups is 2. The summed E-state index contributed by atoms with van der Waals surface area (Å²) in [4.78, 5) is 27.5. The zero-order valence-corrected chi connectivity index (χ0v) is 15.0. The molecule has 5 heteroatoms. The Bertz CT molecular complexity index is 650. The highest BCUT2D eigenvalue weighted by molar-refractivity contribution is 7.09. The Morgan fingerprint density at radius 3 is 2.42 bits per heavy atom. The van der Waals surface area contributed by atoms with Gasteiger partial charge in [0.2, 0.25) is 5.91 Å². The van der Waals surface area contributed by atoms with Crippen LogP contribution in [0.4, 0.5) is 0 Å². The normalized spacial score (nSPS) is 10.4. The number of rotatable bonds is 9. The van der Waals surface area contributed by atoms with Crippen molar-refractivity contribution < 1.29 is 14.3 Å². The molecule has 0 spiro atoms. The maximum Gasteiger partial charge on any atom is 0.223 e. The molecule has 0 aliphatic heterocycles. The van der Waals surface area contributed by atoms with Gasteiger partial charge in [-0.15, -0.1) is 11.3 Å². The van der Waals surface area contributed by atoms with Crippen LogP contribution in [-0.4, -0.2) is 29.7 Å². The fourth-order valence-electron chi connectivity index (χ4n) is 2.39. The molecule has 2 rings (SSSR count). The number of ether oxygens (including phenoxy) is 1. The summed E-state index contributed by atoms with van der Waals surface area (Å²) in [5.41, 5.74) is 0.618. The number of amides is 1. The first-order chi connectivity index (χ1) is 11.6. The van der Waals surface area contributed by atoms with Crippen molar-refractivity contribution in [2.75, 3.05) is 13.2 Å². The van der Waals surface area contributed by atoms with Crippen molar-refractivity contribution in [1.29, 1.82) is 0 Å². The van der Waals surface area contributed by atoms with E-state index in [1.165, 1.54) is 0 Å². The molecule has 128 valence electrons. The topological polar surface area (TPSA) is 46.6 Å². The van der Waals surface area contributed by atoms with E-state index in [4.69, 9.17) is 4.74 Å². The van der Waals surface area contributed by atoms with Crippen molar-refractivity contribution in [3.05, 3.63) is 52.2 Å². The SMILES string of the molecule is CCOc1ccc(C(=O)CCC(=O)N(CC)Cc2cccs2)cc1. The summed E-state index contributed by atoms with van der Waals surface area (Å²) in [7, 11) is 0. The van der Waals surface area contributed by atoms with E-state index < -0.39 is 0 Å². The maximum atomic E-state index is 12.3. The summed E-state index contributed by atoms with van der Waals surface area (Å²) in [6.45, 7) is 5.73. The van der Waals surface area contributed by atoms with E-state index >= 15 is 0 Å². The molecule has 0 fully saturated rings. The Hall–Kier alpha value is -2.14. The first-order valence-electron chi connectivity index (χ1n) is 8.20. The molecule has 0 radical (unpaired) electrons. The zero-order chi connectivity index (χ0) is 17.4. The van der Waals surface area contributed by atoms with Gasteiger partial charge in [0.25, 0.3) is 0 Å². The van der Waals surface area contributed by atoms with Gasteiger partial charge in [-0.25, -0.2) is 0 Å². The molecule has 0 aliphatic carbocycles. The van der Waals surface area contributed by atoms with Gasteiger partial charge in [0.05, 0.1) is 13.2 Å². The molecule has 24 heavy (non-hydrogen) atoms. The van der Waals surface area contributed by atoms with E-state index in [9.17, 15) is 9.59 Å². The molecule has 1 aromatic heterocycles. The van der Waals surface area contributed by atoms with Crippen molar-refractivity contribution in [2.45, 2.75) is 33.2 Å². The fourth-order valence-corrected chi connectivity index (χ4v) is 3.11. The van der Waals surface area contributed by atoms with Crippen LogP contribution in [0.5, 0.6) is 5.75 Å². The molecule has 2 aromatic rings. The van der Waals surface area contributed by atoms with Gasteiger partial charge in [0.15, 0.2) is 5.78 Å². The summed E-state index contributed by atoms with van der Waals surface area (Å²) >= 11 is 1.64. The quantitative estimate of drug-likeness (QED) is 0.641. The van der Waals surface area contributed by atoms with Gasteiger partial charge in [0.1, 0.15) is 5.75 Å². The first-order valence-corrected chi connectivity index (χ1v) is 9.08. The van der Waals surface area contributed by atoms with Crippen LogP contribution in [0.1, 0.15) is 41.9 Å². The lowest BCUT2D eigenvalue weighted by Gasteiger charge is -2.20. The fraction of sp³-hybridized carbons (Fsp3) is 0.368. The van der Waals surface area contributed by atoms with E-state index in [1.807, 2.05) is 31.4 Å². The van der Waals surface area contributed by atoms with Gasteiger partial charge < -0.3 is 9.64 Å². The third-order valence-electron chi connectivity index (χ3n) is 3.71. The molecular formula is C19H23NO3S. The smallest absolute Gasteiger partial charge is 0.223 e. The van der Waals surface area contributed by atoms with Crippen LogP contribution in [0, 0.1) is 0 Å². The van der Waals surface area contributed by atoms with Gasteiger partial charge in [-0.2, -0.15) is 0 Å². The molecule has 0 saturated heterocycles. The lowest BCUT2D eigenvalue weighted by molar-refractivity contribution is -0.131. The van der Waals surface area contributed by atoms with Crippen LogP contribution in [-0.2, 0) is 11.3 Å². The average molecular weight is 345 g/mol. The molecule has 0 saturated carbocycles. The Kier molecular flexibility index (Phi) is 7.00. The van der Waals surface area contributed by atoms with Gasteiger partial charge in [-0.1, -0.05) is 6.07 Å². The lowest BCUT2D eigenvalue weighted by Crippen LogP contribution is -2.30. The summed E-state index contributed by atoms with van der Waals surface area (Å²) < 4.78 is 5.36. The molecule has 0 atom stereocenters. The highest BCUT2D eigenvalue weighted by Gasteiger charge is 2.15. The number of ketones is 1. The second-order valence-electron chi connectivity index (χ2n) is 5.37. The molecule has 4 nitrogen and oxygen atoms in total. The third kappa shape index (κ3) is 5.20. The van der Waals surface area contributed by atoms with Gasteiger partial charge >= 0.3 is 0 Å². The van der Waals surface area contributed by atoms with Crippen molar-refractivity contribution in [3.8, 4) is 5.75 Å². The summed E-state index contributed by atoms with van der Waals surface area (Å²) in [5, 5.41) is 2.00. The van der Waals surface area contributed by atoms with Crippen LogP contribution < -0.4 is 4.74 Å². The van der Waals surface area contributed by atoms with E-state index in [-0.39, 0.29) is 24.5 Å². The van der Waals surface area contributed by atoms with E-state index in [2.05, 4.69) is 0 Å². The number of thiophene rings is 1.